The average Bonchev–Trinajstić information content (AvgIpc) is 2.87. The van der Waals surface area contributed by atoms with E-state index in [2.05, 4.69) is 6.92 Å². The maximum atomic E-state index is 13.5. The van der Waals surface area contributed by atoms with Gasteiger partial charge in [0.2, 0.25) is 5.91 Å². The lowest BCUT2D eigenvalue weighted by Gasteiger charge is -2.23. The number of halogens is 1. The molecule has 0 radical (unpaired) electrons. The molecule has 3 aromatic carbocycles. The number of nitrogens with zero attached hydrogens (tertiary/aromatic N) is 1. The van der Waals surface area contributed by atoms with Crippen molar-refractivity contribution in [2.45, 2.75) is 43.9 Å². The first-order valence-corrected chi connectivity index (χ1v) is 13.4. The maximum Gasteiger partial charge on any atom is 0.270 e. The smallest absolute Gasteiger partial charge is 0.270 e. The third-order valence-electron chi connectivity index (χ3n) is 5.43. The van der Waals surface area contributed by atoms with Gasteiger partial charge in [-0.25, -0.2) is 12.7 Å². The molecule has 0 aliphatic carbocycles. The van der Waals surface area contributed by atoms with Crippen LogP contribution in [0.1, 0.15) is 38.2 Å². The average molecular weight is 516 g/mol. The van der Waals surface area contributed by atoms with Crippen LogP contribution in [0.2, 0.25) is 5.02 Å². The van der Waals surface area contributed by atoms with Crippen LogP contribution in [0.3, 0.4) is 0 Å². The molecule has 3 rings (SSSR count). The van der Waals surface area contributed by atoms with E-state index in [4.69, 9.17) is 21.1 Å². The van der Waals surface area contributed by atoms with Crippen LogP contribution in [0.4, 0.5) is 5.69 Å². The predicted octanol–water partition coefficient (Wildman–Crippen LogP) is 6.27. The standard InChI is InChI=1S/C27H30ClNO5S/c1-3-4-6-21-8-12-23(13-9-21)29(35(31,32)26-18-10-22(28)11-19-26)27(30)7-5-20-34-25-16-14-24(33-2)15-17-25/h8-19H,3-7,20H2,1-2H3. The number of anilines is 1. The Morgan fingerprint density at radius 3 is 2.11 bits per heavy atom. The highest BCUT2D eigenvalue weighted by Crippen LogP contribution is 2.27. The van der Waals surface area contributed by atoms with E-state index < -0.39 is 15.9 Å². The van der Waals surface area contributed by atoms with Gasteiger partial charge in [-0.3, -0.25) is 4.79 Å². The first kappa shape index (κ1) is 26.6. The lowest BCUT2D eigenvalue weighted by Crippen LogP contribution is -2.37. The van der Waals surface area contributed by atoms with Crippen LogP contribution < -0.4 is 13.8 Å². The van der Waals surface area contributed by atoms with E-state index in [9.17, 15) is 13.2 Å². The van der Waals surface area contributed by atoms with Gasteiger partial charge in [0.25, 0.3) is 10.0 Å². The second-order valence-corrected chi connectivity index (χ2v) is 10.2. The molecule has 0 aliphatic heterocycles. The summed E-state index contributed by atoms with van der Waals surface area (Å²) in [5.41, 5.74) is 1.40. The summed E-state index contributed by atoms with van der Waals surface area (Å²) in [6.07, 6.45) is 3.36. The fraction of sp³-hybridized carbons (Fsp3) is 0.296. The third-order valence-corrected chi connectivity index (χ3v) is 7.45. The summed E-state index contributed by atoms with van der Waals surface area (Å²) < 4.78 is 38.6. The Hall–Kier alpha value is -3.03. The number of hydrogen-bond acceptors (Lipinski definition) is 5. The number of benzene rings is 3. The van der Waals surface area contributed by atoms with Crippen molar-refractivity contribution in [2.24, 2.45) is 0 Å². The topological polar surface area (TPSA) is 72.9 Å². The molecule has 0 aliphatic rings. The number of ether oxygens (including phenoxy) is 2. The van der Waals surface area contributed by atoms with Crippen LogP contribution in [-0.2, 0) is 21.2 Å². The minimum atomic E-state index is -4.13. The molecule has 0 saturated heterocycles. The highest BCUT2D eigenvalue weighted by atomic mass is 35.5. The van der Waals surface area contributed by atoms with Gasteiger partial charge >= 0.3 is 0 Å². The van der Waals surface area contributed by atoms with Gasteiger partial charge in [0.1, 0.15) is 11.5 Å². The number of sulfonamides is 1. The zero-order chi connectivity index (χ0) is 25.3. The number of unbranched alkanes of at least 4 members (excludes halogenated alkanes) is 1. The molecule has 0 saturated carbocycles. The van der Waals surface area contributed by atoms with Gasteiger partial charge in [0.05, 0.1) is 24.3 Å². The van der Waals surface area contributed by atoms with Crippen LogP contribution in [0.5, 0.6) is 11.5 Å². The van der Waals surface area contributed by atoms with E-state index >= 15 is 0 Å². The van der Waals surface area contributed by atoms with Gasteiger partial charge in [-0.2, -0.15) is 0 Å². The van der Waals surface area contributed by atoms with Crippen LogP contribution in [-0.4, -0.2) is 28.0 Å². The fourth-order valence-corrected chi connectivity index (χ4v) is 5.07. The van der Waals surface area contributed by atoms with Crippen LogP contribution in [0.25, 0.3) is 0 Å². The number of methoxy groups -OCH3 is 1. The van der Waals surface area contributed by atoms with Crippen molar-refractivity contribution < 1.29 is 22.7 Å². The summed E-state index contributed by atoms with van der Waals surface area (Å²) in [6.45, 7) is 2.38. The van der Waals surface area contributed by atoms with Crippen molar-refractivity contribution in [3.63, 3.8) is 0 Å². The van der Waals surface area contributed by atoms with E-state index in [1.807, 2.05) is 12.1 Å². The predicted molar refractivity (Wildman–Crippen MR) is 139 cm³/mol. The Morgan fingerprint density at radius 2 is 1.51 bits per heavy atom. The van der Waals surface area contributed by atoms with E-state index in [0.717, 1.165) is 34.9 Å². The lowest BCUT2D eigenvalue weighted by molar-refractivity contribution is -0.117. The largest absolute Gasteiger partial charge is 0.497 e. The SMILES string of the molecule is CCCCc1ccc(N(C(=O)CCCOc2ccc(OC)cc2)S(=O)(=O)c2ccc(Cl)cc2)cc1. The zero-order valence-electron chi connectivity index (χ0n) is 19.9. The minimum absolute atomic E-state index is 0.000192. The Morgan fingerprint density at radius 1 is 0.886 bits per heavy atom. The van der Waals surface area contributed by atoms with Crippen molar-refractivity contribution >= 4 is 33.2 Å². The molecule has 0 heterocycles. The zero-order valence-corrected chi connectivity index (χ0v) is 21.5. The van der Waals surface area contributed by atoms with Gasteiger partial charge in [0.15, 0.2) is 0 Å². The number of hydrogen-bond donors (Lipinski definition) is 0. The molecule has 186 valence electrons. The Bertz CT molecular complexity index is 1190. The summed E-state index contributed by atoms with van der Waals surface area (Å²) in [5, 5.41) is 0.415. The van der Waals surface area contributed by atoms with E-state index in [-0.39, 0.29) is 17.9 Å². The molecule has 6 nitrogen and oxygen atoms in total. The molecule has 0 bridgehead atoms. The van der Waals surface area contributed by atoms with E-state index in [1.165, 1.54) is 24.3 Å². The molecule has 0 N–H and O–H groups in total. The summed E-state index contributed by atoms with van der Waals surface area (Å²) in [7, 11) is -2.54. The van der Waals surface area contributed by atoms with E-state index in [1.54, 1.807) is 43.5 Å². The molecular formula is C27H30ClNO5S. The third kappa shape index (κ3) is 7.23. The highest BCUT2D eigenvalue weighted by molar-refractivity contribution is 7.93. The molecule has 3 aromatic rings. The second kappa shape index (κ2) is 12.6. The number of aryl methyl sites for hydroxylation is 1. The molecule has 8 heteroatoms. The molecule has 0 spiro atoms. The number of rotatable bonds is 12. The Labute approximate surface area is 212 Å². The quantitative estimate of drug-likeness (QED) is 0.266. The maximum absolute atomic E-state index is 13.5. The van der Waals surface area contributed by atoms with Gasteiger partial charge in [-0.1, -0.05) is 37.1 Å². The Kier molecular flexibility index (Phi) is 9.57. The molecule has 0 unspecified atom stereocenters. The highest BCUT2D eigenvalue weighted by Gasteiger charge is 2.30. The van der Waals surface area contributed by atoms with Crippen LogP contribution >= 0.6 is 11.6 Å². The van der Waals surface area contributed by atoms with Crippen molar-refractivity contribution in [1.82, 2.24) is 0 Å². The molecule has 0 aromatic heterocycles. The molecule has 0 fully saturated rings. The Balaban J connectivity index is 1.76. The van der Waals surface area contributed by atoms with Gasteiger partial charge in [-0.15, -0.1) is 0 Å². The number of carbonyl (C=O) groups excluding carboxylic acids is 1. The van der Waals surface area contributed by atoms with Crippen molar-refractivity contribution in [3.8, 4) is 11.5 Å². The normalized spacial score (nSPS) is 11.2. The minimum Gasteiger partial charge on any atom is -0.497 e. The van der Waals surface area contributed by atoms with Gasteiger partial charge in [-0.05, 0) is 85.5 Å². The fourth-order valence-electron chi connectivity index (χ4n) is 3.49. The lowest BCUT2D eigenvalue weighted by atomic mass is 10.1. The monoisotopic (exact) mass is 515 g/mol. The molecule has 0 atom stereocenters. The first-order chi connectivity index (χ1) is 16.8. The summed E-state index contributed by atoms with van der Waals surface area (Å²) in [6, 6.07) is 20.0. The summed E-state index contributed by atoms with van der Waals surface area (Å²) >= 11 is 5.94. The van der Waals surface area contributed by atoms with Crippen LogP contribution in [0, 0.1) is 0 Å². The summed E-state index contributed by atoms with van der Waals surface area (Å²) in [5.74, 6) is 0.836. The first-order valence-electron chi connectivity index (χ1n) is 11.5. The summed E-state index contributed by atoms with van der Waals surface area (Å²) in [4.78, 5) is 13.2. The van der Waals surface area contributed by atoms with E-state index in [0.29, 0.717) is 22.9 Å². The van der Waals surface area contributed by atoms with Crippen molar-refractivity contribution in [2.75, 3.05) is 18.0 Å². The molecular weight excluding hydrogens is 486 g/mol. The van der Waals surface area contributed by atoms with Gasteiger partial charge in [0, 0.05) is 11.4 Å². The number of carbonyl (C=O) groups is 1. The molecule has 1 amide bonds. The van der Waals surface area contributed by atoms with Gasteiger partial charge < -0.3 is 9.47 Å². The van der Waals surface area contributed by atoms with Crippen LogP contribution in [0.15, 0.2) is 77.7 Å². The van der Waals surface area contributed by atoms with Crippen molar-refractivity contribution in [1.29, 1.82) is 0 Å². The molecule has 35 heavy (non-hydrogen) atoms. The second-order valence-electron chi connectivity index (χ2n) is 8.01. The number of amides is 1. The van der Waals surface area contributed by atoms with Crippen molar-refractivity contribution in [3.05, 3.63) is 83.4 Å².